The molecule has 1 heterocycles. The molecule has 0 aliphatic rings. The Bertz CT molecular complexity index is 625. The summed E-state index contributed by atoms with van der Waals surface area (Å²) < 4.78 is 23.6. The van der Waals surface area contributed by atoms with Gasteiger partial charge in [0.05, 0.1) is 14.4 Å². The van der Waals surface area contributed by atoms with Crippen LogP contribution < -0.4 is 0 Å². The summed E-state index contributed by atoms with van der Waals surface area (Å²) >= 11 is 4.96. The maximum absolute atomic E-state index is 11.3. The first kappa shape index (κ1) is 12.7. The van der Waals surface area contributed by atoms with Gasteiger partial charge in [0.25, 0.3) is 0 Å². The summed E-state index contributed by atoms with van der Waals surface area (Å²) in [6.07, 6.45) is 1.20. The van der Waals surface area contributed by atoms with E-state index in [9.17, 15) is 8.42 Å². The zero-order valence-electron chi connectivity index (χ0n) is 9.27. The maximum atomic E-state index is 11.3. The third-order valence-corrected chi connectivity index (χ3v) is 5.45. The van der Waals surface area contributed by atoms with Crippen molar-refractivity contribution >= 4 is 37.1 Å². The van der Waals surface area contributed by atoms with Crippen LogP contribution in [-0.2, 0) is 9.84 Å². The van der Waals surface area contributed by atoms with E-state index in [2.05, 4.69) is 20.9 Å². The van der Waals surface area contributed by atoms with Gasteiger partial charge in [0.1, 0.15) is 5.01 Å². The molecule has 0 fully saturated rings. The van der Waals surface area contributed by atoms with Crippen LogP contribution in [0.2, 0.25) is 0 Å². The summed E-state index contributed by atoms with van der Waals surface area (Å²) in [5.74, 6) is 0. The van der Waals surface area contributed by atoms with Crippen LogP contribution in [-0.4, -0.2) is 19.7 Å². The molecule has 0 aliphatic heterocycles. The van der Waals surface area contributed by atoms with E-state index in [0.29, 0.717) is 4.90 Å². The minimum atomic E-state index is -3.13. The number of thiazole rings is 1. The summed E-state index contributed by atoms with van der Waals surface area (Å²) in [6, 6.07) is 6.77. The van der Waals surface area contributed by atoms with Gasteiger partial charge in [0, 0.05) is 11.8 Å². The monoisotopic (exact) mass is 331 g/mol. The molecule has 3 nitrogen and oxygen atoms in total. The van der Waals surface area contributed by atoms with E-state index in [-0.39, 0.29) is 0 Å². The van der Waals surface area contributed by atoms with Crippen molar-refractivity contribution in [3.63, 3.8) is 0 Å². The standard InChI is InChI=1S/C11H10BrNO2S2/c1-7-10(12)16-11(13-7)8-3-5-9(6-4-8)17(2,14)15/h3-6H,1-2H3. The number of nitrogens with zero attached hydrogens (tertiary/aromatic N) is 1. The molecule has 0 bridgehead atoms. The highest BCUT2D eigenvalue weighted by Crippen LogP contribution is 2.31. The fraction of sp³-hybridized carbons (Fsp3) is 0.182. The van der Waals surface area contributed by atoms with Gasteiger partial charge < -0.3 is 0 Å². The minimum absolute atomic E-state index is 0.327. The molecule has 0 saturated heterocycles. The van der Waals surface area contributed by atoms with Gasteiger partial charge in [0.15, 0.2) is 9.84 Å². The number of aromatic nitrogens is 1. The lowest BCUT2D eigenvalue weighted by Gasteiger charge is -1.99. The molecule has 17 heavy (non-hydrogen) atoms. The molecule has 0 spiro atoms. The number of hydrogen-bond donors (Lipinski definition) is 0. The fourth-order valence-corrected chi connectivity index (χ4v) is 3.32. The number of hydrogen-bond acceptors (Lipinski definition) is 4. The molecule has 0 N–H and O–H groups in total. The molecule has 2 aromatic rings. The predicted molar refractivity (Wildman–Crippen MR) is 73.1 cm³/mol. The molecule has 1 aromatic carbocycles. The van der Waals surface area contributed by atoms with E-state index < -0.39 is 9.84 Å². The maximum Gasteiger partial charge on any atom is 0.175 e. The van der Waals surface area contributed by atoms with Crippen molar-refractivity contribution in [1.29, 1.82) is 0 Å². The van der Waals surface area contributed by atoms with Crippen molar-refractivity contribution in [2.45, 2.75) is 11.8 Å². The Kier molecular flexibility index (Phi) is 3.38. The van der Waals surface area contributed by atoms with Crippen molar-refractivity contribution in [3.8, 4) is 10.6 Å². The second-order valence-electron chi connectivity index (χ2n) is 3.67. The van der Waals surface area contributed by atoms with Crippen molar-refractivity contribution in [2.24, 2.45) is 0 Å². The van der Waals surface area contributed by atoms with Crippen LogP contribution in [0.5, 0.6) is 0 Å². The van der Waals surface area contributed by atoms with Crippen LogP contribution in [0.15, 0.2) is 32.9 Å². The van der Waals surface area contributed by atoms with Crippen LogP contribution in [0, 0.1) is 6.92 Å². The average molecular weight is 332 g/mol. The van der Waals surface area contributed by atoms with Gasteiger partial charge >= 0.3 is 0 Å². The Balaban J connectivity index is 2.42. The van der Waals surface area contributed by atoms with Gasteiger partial charge in [-0.2, -0.15) is 0 Å². The molecule has 1 aromatic heterocycles. The zero-order chi connectivity index (χ0) is 12.6. The molecule has 0 saturated carbocycles. The van der Waals surface area contributed by atoms with Crippen molar-refractivity contribution in [2.75, 3.05) is 6.26 Å². The first-order chi connectivity index (χ1) is 7.88. The SMILES string of the molecule is Cc1nc(-c2ccc(S(C)(=O)=O)cc2)sc1Br. The Morgan fingerprint density at radius 1 is 1.24 bits per heavy atom. The fourth-order valence-electron chi connectivity index (χ4n) is 1.35. The van der Waals surface area contributed by atoms with E-state index in [4.69, 9.17) is 0 Å². The first-order valence-corrected chi connectivity index (χ1v) is 8.31. The highest BCUT2D eigenvalue weighted by molar-refractivity contribution is 9.11. The quantitative estimate of drug-likeness (QED) is 0.848. The number of halogens is 1. The van der Waals surface area contributed by atoms with Crippen LogP contribution in [0.25, 0.3) is 10.6 Å². The van der Waals surface area contributed by atoms with Gasteiger partial charge in [-0.05, 0) is 35.0 Å². The van der Waals surface area contributed by atoms with E-state index >= 15 is 0 Å². The lowest BCUT2D eigenvalue weighted by atomic mass is 10.2. The van der Waals surface area contributed by atoms with Crippen LogP contribution in [0.1, 0.15) is 5.69 Å². The molecular formula is C11H10BrNO2S2. The summed E-state index contributed by atoms with van der Waals surface area (Å²) in [5.41, 5.74) is 1.87. The minimum Gasteiger partial charge on any atom is -0.240 e. The third-order valence-electron chi connectivity index (χ3n) is 2.27. The van der Waals surface area contributed by atoms with Crippen molar-refractivity contribution in [3.05, 3.63) is 33.7 Å². The number of rotatable bonds is 2. The summed E-state index contributed by atoms with van der Waals surface area (Å²) in [6.45, 7) is 1.93. The molecule has 0 amide bonds. The van der Waals surface area contributed by atoms with E-state index in [1.807, 2.05) is 6.92 Å². The highest BCUT2D eigenvalue weighted by Gasteiger charge is 2.10. The second kappa shape index (κ2) is 4.51. The molecular weight excluding hydrogens is 322 g/mol. The first-order valence-electron chi connectivity index (χ1n) is 4.81. The summed E-state index contributed by atoms with van der Waals surface area (Å²) in [5, 5.41) is 0.884. The van der Waals surface area contributed by atoms with Gasteiger partial charge in [-0.25, -0.2) is 13.4 Å². The zero-order valence-corrected chi connectivity index (χ0v) is 12.5. The molecule has 0 radical (unpaired) electrons. The third kappa shape index (κ3) is 2.75. The smallest absolute Gasteiger partial charge is 0.175 e. The Morgan fingerprint density at radius 2 is 1.82 bits per heavy atom. The largest absolute Gasteiger partial charge is 0.240 e. The Hall–Kier alpha value is -0.720. The van der Waals surface area contributed by atoms with Gasteiger partial charge in [-0.15, -0.1) is 11.3 Å². The predicted octanol–water partition coefficient (Wildman–Crippen LogP) is 3.28. The van der Waals surface area contributed by atoms with Crippen LogP contribution in [0.4, 0.5) is 0 Å². The normalized spacial score (nSPS) is 11.7. The van der Waals surface area contributed by atoms with E-state index in [1.165, 1.54) is 17.6 Å². The molecule has 0 aliphatic carbocycles. The second-order valence-corrected chi connectivity index (χ2v) is 8.01. The molecule has 90 valence electrons. The molecule has 0 atom stereocenters. The van der Waals surface area contributed by atoms with Crippen LogP contribution >= 0.6 is 27.3 Å². The topological polar surface area (TPSA) is 47.0 Å². The number of sulfone groups is 1. The molecule has 6 heteroatoms. The number of aryl methyl sites for hydroxylation is 1. The van der Waals surface area contributed by atoms with E-state index in [1.54, 1.807) is 24.3 Å². The Labute approximate surface area is 113 Å². The average Bonchev–Trinajstić information content (AvgIpc) is 2.58. The lowest BCUT2D eigenvalue weighted by Crippen LogP contribution is -1.96. The summed E-state index contributed by atoms with van der Waals surface area (Å²) in [4.78, 5) is 4.72. The molecule has 2 rings (SSSR count). The van der Waals surface area contributed by atoms with Crippen molar-refractivity contribution in [1.82, 2.24) is 4.98 Å². The van der Waals surface area contributed by atoms with E-state index in [0.717, 1.165) is 20.1 Å². The lowest BCUT2D eigenvalue weighted by molar-refractivity contribution is 0.602. The number of benzene rings is 1. The van der Waals surface area contributed by atoms with Gasteiger partial charge in [-0.3, -0.25) is 0 Å². The highest BCUT2D eigenvalue weighted by atomic mass is 79.9. The van der Waals surface area contributed by atoms with Crippen molar-refractivity contribution < 1.29 is 8.42 Å². The molecule has 0 unspecified atom stereocenters. The van der Waals surface area contributed by atoms with Crippen LogP contribution in [0.3, 0.4) is 0 Å². The summed E-state index contributed by atoms with van der Waals surface area (Å²) in [7, 11) is -3.13. The van der Waals surface area contributed by atoms with Gasteiger partial charge in [-0.1, -0.05) is 12.1 Å². The Morgan fingerprint density at radius 3 is 2.24 bits per heavy atom. The van der Waals surface area contributed by atoms with Gasteiger partial charge in [0.2, 0.25) is 0 Å².